The van der Waals surface area contributed by atoms with Crippen molar-refractivity contribution in [1.29, 1.82) is 0 Å². The summed E-state index contributed by atoms with van der Waals surface area (Å²) in [5, 5.41) is 6.38. The third-order valence-electron chi connectivity index (χ3n) is 3.26. The largest absolute Gasteiger partial charge is 0.496 e. The molecule has 1 aromatic carbocycles. The minimum atomic E-state index is -0.0617. The molecule has 0 bridgehead atoms. The SMILES string of the molecule is COc1ccccc1C(=O)NC1CNCC(C)C1. The fraction of sp³-hybridized carbons (Fsp3) is 0.500. The van der Waals surface area contributed by atoms with Gasteiger partial charge in [-0.25, -0.2) is 0 Å². The molecule has 1 aliphatic heterocycles. The molecular weight excluding hydrogens is 228 g/mol. The first kappa shape index (κ1) is 12.9. The summed E-state index contributed by atoms with van der Waals surface area (Å²) in [4.78, 5) is 12.2. The minimum Gasteiger partial charge on any atom is -0.496 e. The summed E-state index contributed by atoms with van der Waals surface area (Å²) >= 11 is 0. The topological polar surface area (TPSA) is 50.4 Å². The van der Waals surface area contributed by atoms with Crippen molar-refractivity contribution in [3.8, 4) is 5.75 Å². The van der Waals surface area contributed by atoms with Crippen LogP contribution in [-0.4, -0.2) is 32.1 Å². The Morgan fingerprint density at radius 1 is 1.39 bits per heavy atom. The van der Waals surface area contributed by atoms with E-state index in [1.807, 2.05) is 12.1 Å². The Bertz CT molecular complexity index is 420. The second-order valence-electron chi connectivity index (χ2n) is 4.87. The Kier molecular flexibility index (Phi) is 4.20. The van der Waals surface area contributed by atoms with Crippen molar-refractivity contribution in [2.45, 2.75) is 19.4 Å². The van der Waals surface area contributed by atoms with Gasteiger partial charge in [-0.1, -0.05) is 19.1 Å². The Balaban J connectivity index is 2.03. The van der Waals surface area contributed by atoms with Gasteiger partial charge in [-0.15, -0.1) is 0 Å². The van der Waals surface area contributed by atoms with Crippen molar-refractivity contribution >= 4 is 5.91 Å². The Labute approximate surface area is 108 Å². The molecule has 1 amide bonds. The summed E-state index contributed by atoms with van der Waals surface area (Å²) in [5.74, 6) is 1.15. The number of carbonyl (C=O) groups is 1. The highest BCUT2D eigenvalue weighted by Gasteiger charge is 2.21. The van der Waals surface area contributed by atoms with Crippen LogP contribution >= 0.6 is 0 Å². The highest BCUT2D eigenvalue weighted by atomic mass is 16.5. The van der Waals surface area contributed by atoms with Crippen LogP contribution in [0.2, 0.25) is 0 Å². The molecule has 1 aliphatic rings. The summed E-state index contributed by atoms with van der Waals surface area (Å²) in [5.41, 5.74) is 0.596. The zero-order chi connectivity index (χ0) is 13.0. The molecule has 1 fully saturated rings. The number of amides is 1. The molecule has 4 nitrogen and oxygen atoms in total. The van der Waals surface area contributed by atoms with Crippen LogP contribution in [0.1, 0.15) is 23.7 Å². The second kappa shape index (κ2) is 5.87. The molecule has 1 heterocycles. The van der Waals surface area contributed by atoms with Crippen molar-refractivity contribution in [1.82, 2.24) is 10.6 Å². The van der Waals surface area contributed by atoms with Crippen LogP contribution in [0.3, 0.4) is 0 Å². The lowest BCUT2D eigenvalue weighted by Crippen LogP contribution is -2.48. The molecule has 4 heteroatoms. The molecule has 0 aromatic heterocycles. The summed E-state index contributed by atoms with van der Waals surface area (Å²) < 4.78 is 5.20. The lowest BCUT2D eigenvalue weighted by molar-refractivity contribution is 0.0922. The van der Waals surface area contributed by atoms with Crippen LogP contribution in [0.15, 0.2) is 24.3 Å². The lowest BCUT2D eigenvalue weighted by Gasteiger charge is -2.28. The maximum Gasteiger partial charge on any atom is 0.255 e. The number of benzene rings is 1. The Hall–Kier alpha value is -1.55. The van der Waals surface area contributed by atoms with E-state index >= 15 is 0 Å². The van der Waals surface area contributed by atoms with Gasteiger partial charge in [-0.05, 0) is 31.0 Å². The van der Waals surface area contributed by atoms with Crippen molar-refractivity contribution < 1.29 is 9.53 Å². The molecule has 2 rings (SSSR count). The van der Waals surface area contributed by atoms with E-state index in [-0.39, 0.29) is 11.9 Å². The Morgan fingerprint density at radius 3 is 2.89 bits per heavy atom. The molecular formula is C14H20N2O2. The van der Waals surface area contributed by atoms with Crippen LogP contribution in [0.4, 0.5) is 0 Å². The number of carbonyl (C=O) groups excluding carboxylic acids is 1. The molecule has 1 saturated heterocycles. The summed E-state index contributed by atoms with van der Waals surface area (Å²) in [6.45, 7) is 4.06. The normalized spacial score (nSPS) is 23.4. The first-order chi connectivity index (χ1) is 8.70. The van der Waals surface area contributed by atoms with Crippen molar-refractivity contribution in [2.24, 2.45) is 5.92 Å². The number of piperidine rings is 1. The predicted molar refractivity (Wildman–Crippen MR) is 70.9 cm³/mol. The predicted octanol–water partition coefficient (Wildman–Crippen LogP) is 1.42. The van der Waals surface area contributed by atoms with E-state index in [4.69, 9.17) is 4.74 Å². The molecule has 98 valence electrons. The second-order valence-corrected chi connectivity index (χ2v) is 4.87. The first-order valence-corrected chi connectivity index (χ1v) is 6.35. The summed E-state index contributed by atoms with van der Waals surface area (Å²) in [6.07, 6.45) is 1.02. The van der Waals surface area contributed by atoms with Gasteiger partial charge >= 0.3 is 0 Å². The average molecular weight is 248 g/mol. The number of para-hydroxylation sites is 1. The first-order valence-electron chi connectivity index (χ1n) is 6.35. The summed E-state index contributed by atoms with van der Waals surface area (Å²) in [7, 11) is 1.58. The number of rotatable bonds is 3. The average Bonchev–Trinajstić information content (AvgIpc) is 2.38. The molecule has 0 radical (unpaired) electrons. The third-order valence-corrected chi connectivity index (χ3v) is 3.26. The van der Waals surface area contributed by atoms with E-state index in [0.717, 1.165) is 19.5 Å². The van der Waals surface area contributed by atoms with Gasteiger partial charge in [0.1, 0.15) is 5.75 Å². The molecule has 2 N–H and O–H groups in total. The number of ether oxygens (including phenoxy) is 1. The third kappa shape index (κ3) is 3.01. The van der Waals surface area contributed by atoms with Gasteiger partial charge in [-0.2, -0.15) is 0 Å². The van der Waals surface area contributed by atoms with Gasteiger partial charge in [0, 0.05) is 12.6 Å². The molecule has 0 aliphatic carbocycles. The van der Waals surface area contributed by atoms with Gasteiger partial charge in [0.15, 0.2) is 0 Å². The monoisotopic (exact) mass is 248 g/mol. The van der Waals surface area contributed by atoms with Gasteiger partial charge in [0.25, 0.3) is 5.91 Å². The van der Waals surface area contributed by atoms with Gasteiger partial charge in [-0.3, -0.25) is 4.79 Å². The number of methoxy groups -OCH3 is 1. The number of nitrogens with one attached hydrogen (secondary N) is 2. The maximum atomic E-state index is 12.2. The Morgan fingerprint density at radius 2 is 2.17 bits per heavy atom. The van der Waals surface area contributed by atoms with E-state index in [1.165, 1.54) is 0 Å². The highest BCUT2D eigenvalue weighted by molar-refractivity contribution is 5.97. The van der Waals surface area contributed by atoms with Gasteiger partial charge in [0.2, 0.25) is 0 Å². The lowest BCUT2D eigenvalue weighted by atomic mass is 9.97. The highest BCUT2D eigenvalue weighted by Crippen LogP contribution is 2.18. The van der Waals surface area contributed by atoms with Gasteiger partial charge < -0.3 is 15.4 Å². The van der Waals surface area contributed by atoms with E-state index < -0.39 is 0 Å². The van der Waals surface area contributed by atoms with Crippen LogP contribution < -0.4 is 15.4 Å². The van der Waals surface area contributed by atoms with Crippen molar-refractivity contribution in [2.75, 3.05) is 20.2 Å². The molecule has 2 atom stereocenters. The van der Waals surface area contributed by atoms with Crippen molar-refractivity contribution in [3.63, 3.8) is 0 Å². The molecule has 0 spiro atoms. The smallest absolute Gasteiger partial charge is 0.255 e. The van der Waals surface area contributed by atoms with E-state index in [9.17, 15) is 4.79 Å². The number of hydrogen-bond donors (Lipinski definition) is 2. The molecule has 0 saturated carbocycles. The van der Waals surface area contributed by atoms with Crippen LogP contribution in [-0.2, 0) is 0 Å². The standard InChI is InChI=1S/C14H20N2O2/c1-10-7-11(9-15-8-10)16-14(17)12-5-3-4-6-13(12)18-2/h3-6,10-11,15H,7-9H2,1-2H3,(H,16,17). The molecule has 18 heavy (non-hydrogen) atoms. The fourth-order valence-electron chi connectivity index (χ4n) is 2.36. The molecule has 1 aromatic rings. The van der Waals surface area contributed by atoms with E-state index in [0.29, 0.717) is 17.2 Å². The quantitative estimate of drug-likeness (QED) is 0.850. The molecule has 2 unspecified atom stereocenters. The van der Waals surface area contributed by atoms with Crippen LogP contribution in [0.25, 0.3) is 0 Å². The van der Waals surface area contributed by atoms with Gasteiger partial charge in [0.05, 0.1) is 12.7 Å². The van der Waals surface area contributed by atoms with E-state index in [1.54, 1.807) is 19.2 Å². The zero-order valence-electron chi connectivity index (χ0n) is 10.9. The van der Waals surface area contributed by atoms with Crippen molar-refractivity contribution in [3.05, 3.63) is 29.8 Å². The fourth-order valence-corrected chi connectivity index (χ4v) is 2.36. The zero-order valence-corrected chi connectivity index (χ0v) is 10.9. The number of hydrogen-bond acceptors (Lipinski definition) is 3. The summed E-state index contributed by atoms with van der Waals surface area (Å²) in [6, 6.07) is 7.50. The van der Waals surface area contributed by atoms with E-state index in [2.05, 4.69) is 17.6 Å². The van der Waals surface area contributed by atoms with Crippen LogP contribution in [0.5, 0.6) is 5.75 Å². The minimum absolute atomic E-state index is 0.0617. The van der Waals surface area contributed by atoms with Crippen LogP contribution in [0, 0.1) is 5.92 Å². The maximum absolute atomic E-state index is 12.2.